The van der Waals surface area contributed by atoms with Crippen LogP contribution in [0.15, 0.2) is 0 Å². The van der Waals surface area contributed by atoms with Gasteiger partial charge in [0, 0.05) is 19.6 Å². The van der Waals surface area contributed by atoms with Crippen LogP contribution >= 0.6 is 0 Å². The summed E-state index contributed by atoms with van der Waals surface area (Å²) in [4.78, 5) is 42.3. The number of hydrogen-bond acceptors (Lipinski definition) is 8. The standard InChI is InChI=1S/C58H114N2O6/c1-5-8-11-14-17-20-23-26-29-32-35-38-41-53-64-56(61)45-50-59(4)48-44-49-60(51-46-57(62)65-54-42-39-36-33-30-27-24-21-18-15-12-9-6-2)52-47-58(63)66-55-43-40-37-34-31-28-25-22-19-16-13-10-7-3/h5-55H2,1-4H3. The molecular formula is C58H114N2O6. The second-order valence-corrected chi connectivity index (χ2v) is 20.1. The Bertz CT molecular complexity index is 962. The first-order valence-electron chi connectivity index (χ1n) is 29.3. The van der Waals surface area contributed by atoms with Gasteiger partial charge in [0.2, 0.25) is 0 Å². The van der Waals surface area contributed by atoms with Gasteiger partial charge in [-0.3, -0.25) is 14.4 Å². The van der Waals surface area contributed by atoms with Crippen molar-refractivity contribution in [2.75, 3.05) is 59.6 Å². The number of unbranched alkanes of at least 4 members (excludes halogenated alkanes) is 36. The van der Waals surface area contributed by atoms with Crippen LogP contribution in [0.2, 0.25) is 0 Å². The molecule has 0 atom stereocenters. The highest BCUT2D eigenvalue weighted by molar-refractivity contribution is 5.70. The van der Waals surface area contributed by atoms with Gasteiger partial charge in [-0.25, -0.2) is 0 Å². The fraction of sp³-hybridized carbons (Fsp3) is 0.948. The van der Waals surface area contributed by atoms with Gasteiger partial charge in [0.1, 0.15) is 0 Å². The number of ether oxygens (including phenoxy) is 3. The van der Waals surface area contributed by atoms with E-state index in [4.69, 9.17) is 14.2 Å². The minimum atomic E-state index is -0.154. The molecule has 0 N–H and O–H groups in total. The lowest BCUT2D eigenvalue weighted by molar-refractivity contribution is -0.145. The topological polar surface area (TPSA) is 85.4 Å². The Hall–Kier alpha value is -1.67. The zero-order chi connectivity index (χ0) is 48.1. The van der Waals surface area contributed by atoms with Gasteiger partial charge in [0.05, 0.1) is 39.1 Å². The normalized spacial score (nSPS) is 11.5. The summed E-state index contributed by atoms with van der Waals surface area (Å²) >= 11 is 0. The van der Waals surface area contributed by atoms with Crippen LogP contribution < -0.4 is 0 Å². The zero-order valence-corrected chi connectivity index (χ0v) is 44.9. The maximum Gasteiger partial charge on any atom is 0.307 e. The molecule has 0 aromatic rings. The van der Waals surface area contributed by atoms with Gasteiger partial charge >= 0.3 is 17.9 Å². The molecule has 0 spiro atoms. The van der Waals surface area contributed by atoms with Crippen molar-refractivity contribution in [1.29, 1.82) is 0 Å². The molecule has 0 unspecified atom stereocenters. The second kappa shape index (κ2) is 54.3. The number of nitrogens with zero attached hydrogens (tertiary/aromatic N) is 2. The molecule has 0 aromatic heterocycles. The van der Waals surface area contributed by atoms with Crippen molar-refractivity contribution >= 4 is 17.9 Å². The van der Waals surface area contributed by atoms with Crippen molar-refractivity contribution in [3.63, 3.8) is 0 Å². The van der Waals surface area contributed by atoms with Crippen molar-refractivity contribution in [1.82, 2.24) is 9.80 Å². The summed E-state index contributed by atoms with van der Waals surface area (Å²) in [5.41, 5.74) is 0. The number of rotatable bonds is 55. The van der Waals surface area contributed by atoms with Gasteiger partial charge in [0.25, 0.3) is 0 Å². The molecule has 0 radical (unpaired) electrons. The molecule has 0 aliphatic carbocycles. The Kier molecular flexibility index (Phi) is 52.9. The molecule has 392 valence electrons. The molecule has 0 saturated heterocycles. The van der Waals surface area contributed by atoms with Gasteiger partial charge in [0.15, 0.2) is 0 Å². The van der Waals surface area contributed by atoms with Crippen molar-refractivity contribution in [2.45, 2.75) is 297 Å². The van der Waals surface area contributed by atoms with E-state index in [-0.39, 0.29) is 17.9 Å². The Balaban J connectivity index is 4.35. The molecule has 0 heterocycles. The van der Waals surface area contributed by atoms with E-state index in [9.17, 15) is 14.4 Å². The van der Waals surface area contributed by atoms with Crippen LogP contribution in [0.5, 0.6) is 0 Å². The molecule has 66 heavy (non-hydrogen) atoms. The molecule has 8 heteroatoms. The van der Waals surface area contributed by atoms with E-state index in [1.54, 1.807) is 0 Å². The fourth-order valence-electron chi connectivity index (χ4n) is 8.93. The van der Waals surface area contributed by atoms with Gasteiger partial charge < -0.3 is 24.0 Å². The first-order valence-corrected chi connectivity index (χ1v) is 29.3. The lowest BCUT2D eigenvalue weighted by Crippen LogP contribution is -2.33. The Morgan fingerprint density at radius 2 is 0.500 bits per heavy atom. The van der Waals surface area contributed by atoms with Crippen LogP contribution in [-0.4, -0.2) is 87.3 Å². The Morgan fingerprint density at radius 1 is 0.273 bits per heavy atom. The molecule has 0 saturated carbocycles. The van der Waals surface area contributed by atoms with Gasteiger partial charge in [-0.1, -0.05) is 252 Å². The van der Waals surface area contributed by atoms with Crippen molar-refractivity contribution < 1.29 is 28.6 Å². The fourth-order valence-corrected chi connectivity index (χ4v) is 8.93. The smallest absolute Gasteiger partial charge is 0.307 e. The van der Waals surface area contributed by atoms with Crippen LogP contribution in [0.3, 0.4) is 0 Å². The molecule has 0 aliphatic heterocycles. The summed E-state index contributed by atoms with van der Waals surface area (Å²) in [6.07, 6.45) is 52.6. The average molecular weight is 936 g/mol. The molecular weight excluding hydrogens is 821 g/mol. The third-order valence-electron chi connectivity index (χ3n) is 13.5. The monoisotopic (exact) mass is 935 g/mol. The SMILES string of the molecule is CCCCCCCCCCCCCCCOC(=O)CCN(C)CCCN(CCC(=O)OCCCCCCCCCCCCCCC)CCC(=O)OCCCCCCCCCCCCCCC. The lowest BCUT2D eigenvalue weighted by Gasteiger charge is -2.23. The van der Waals surface area contributed by atoms with E-state index < -0.39 is 0 Å². The number of esters is 3. The lowest BCUT2D eigenvalue weighted by atomic mass is 10.0. The number of carbonyl (C=O) groups is 3. The summed E-state index contributed by atoms with van der Waals surface area (Å²) in [6, 6.07) is 0. The van der Waals surface area contributed by atoms with E-state index in [1.165, 1.54) is 212 Å². The molecule has 0 rings (SSSR count). The molecule has 0 bridgehead atoms. The highest BCUT2D eigenvalue weighted by atomic mass is 16.5. The quantitative estimate of drug-likeness (QED) is 0.0339. The maximum atomic E-state index is 12.7. The van der Waals surface area contributed by atoms with Gasteiger partial charge in [-0.15, -0.1) is 0 Å². The first-order chi connectivity index (χ1) is 32.4. The minimum absolute atomic E-state index is 0.114. The van der Waals surface area contributed by atoms with Crippen molar-refractivity contribution in [3.8, 4) is 0 Å². The zero-order valence-electron chi connectivity index (χ0n) is 44.9. The van der Waals surface area contributed by atoms with E-state index in [0.29, 0.717) is 58.7 Å². The molecule has 0 fully saturated rings. The van der Waals surface area contributed by atoms with Crippen LogP contribution in [0.25, 0.3) is 0 Å². The van der Waals surface area contributed by atoms with E-state index in [2.05, 4.69) is 30.6 Å². The number of hydrogen-bond donors (Lipinski definition) is 0. The summed E-state index contributed by atoms with van der Waals surface area (Å²) in [5, 5.41) is 0. The van der Waals surface area contributed by atoms with E-state index in [1.807, 2.05) is 7.05 Å². The highest BCUT2D eigenvalue weighted by Crippen LogP contribution is 2.16. The molecule has 0 aromatic carbocycles. The maximum absolute atomic E-state index is 12.7. The number of carbonyl (C=O) groups excluding carboxylic acids is 3. The molecule has 0 aliphatic rings. The summed E-state index contributed by atoms with van der Waals surface area (Å²) in [7, 11) is 2.05. The van der Waals surface area contributed by atoms with Crippen LogP contribution in [0, 0.1) is 0 Å². The van der Waals surface area contributed by atoms with Crippen LogP contribution in [0.4, 0.5) is 0 Å². The van der Waals surface area contributed by atoms with Crippen LogP contribution in [0.1, 0.15) is 297 Å². The third kappa shape index (κ3) is 51.7. The predicted octanol–water partition coefficient (Wildman–Crippen LogP) is 16.7. The third-order valence-corrected chi connectivity index (χ3v) is 13.5. The summed E-state index contributed by atoms with van der Waals surface area (Å²) in [6.45, 7) is 11.7. The Labute approximate surface area is 411 Å². The van der Waals surface area contributed by atoms with E-state index in [0.717, 1.165) is 58.0 Å². The van der Waals surface area contributed by atoms with E-state index >= 15 is 0 Å². The van der Waals surface area contributed by atoms with Crippen LogP contribution in [-0.2, 0) is 28.6 Å². The first kappa shape index (κ1) is 64.3. The van der Waals surface area contributed by atoms with Crippen molar-refractivity contribution in [3.05, 3.63) is 0 Å². The second-order valence-electron chi connectivity index (χ2n) is 20.1. The minimum Gasteiger partial charge on any atom is -0.466 e. The molecule has 0 amide bonds. The average Bonchev–Trinajstić information content (AvgIpc) is 3.31. The van der Waals surface area contributed by atoms with Crippen molar-refractivity contribution in [2.24, 2.45) is 0 Å². The Morgan fingerprint density at radius 3 is 0.758 bits per heavy atom. The molecule has 8 nitrogen and oxygen atoms in total. The van der Waals surface area contributed by atoms with Gasteiger partial charge in [-0.2, -0.15) is 0 Å². The summed E-state index contributed by atoms with van der Waals surface area (Å²) in [5.74, 6) is -0.422. The van der Waals surface area contributed by atoms with Gasteiger partial charge in [-0.05, 0) is 45.8 Å². The summed E-state index contributed by atoms with van der Waals surface area (Å²) < 4.78 is 16.8. The predicted molar refractivity (Wildman–Crippen MR) is 282 cm³/mol. The largest absolute Gasteiger partial charge is 0.466 e. The highest BCUT2D eigenvalue weighted by Gasteiger charge is 2.14.